The van der Waals surface area contributed by atoms with Crippen LogP contribution in [-0.4, -0.2) is 134 Å². The molecule has 6 amide bonds. The quantitative estimate of drug-likeness (QED) is 0.162. The van der Waals surface area contributed by atoms with Gasteiger partial charge in [-0.05, 0) is 134 Å². The number of piperidine rings is 2. The Morgan fingerprint density at radius 3 is 2.30 bits per heavy atom. The van der Waals surface area contributed by atoms with Gasteiger partial charge in [-0.3, -0.25) is 29.4 Å². The number of nitrogens with zero attached hydrogens (tertiary/aromatic N) is 9. The summed E-state index contributed by atoms with van der Waals surface area (Å²) in [5.74, 6) is 1.09. The predicted molar refractivity (Wildman–Crippen MR) is 268 cm³/mol. The first-order valence-corrected chi connectivity index (χ1v) is 26.7. The van der Waals surface area contributed by atoms with Crippen LogP contribution in [0.3, 0.4) is 0 Å². The molecule has 17 heteroatoms. The summed E-state index contributed by atoms with van der Waals surface area (Å²) in [5, 5.41) is 6.03. The highest BCUT2D eigenvalue weighted by molar-refractivity contribution is 6.10. The number of amides is 6. The van der Waals surface area contributed by atoms with Crippen LogP contribution in [0.15, 0.2) is 48.9 Å². The van der Waals surface area contributed by atoms with E-state index in [2.05, 4.69) is 68.1 Å². The lowest BCUT2D eigenvalue weighted by atomic mass is 9.73. The number of anilines is 3. The minimum Gasteiger partial charge on any atom is -0.474 e. The molecule has 17 nitrogen and oxygen atoms in total. The van der Waals surface area contributed by atoms with Gasteiger partial charge in [0.2, 0.25) is 29.5 Å². The van der Waals surface area contributed by atoms with E-state index in [4.69, 9.17) is 14.7 Å². The minimum atomic E-state index is -0.694. The molecule has 12 rings (SSSR count). The number of carbonyl (C=O) groups is 5. The van der Waals surface area contributed by atoms with E-state index in [-0.39, 0.29) is 60.1 Å². The summed E-state index contributed by atoms with van der Waals surface area (Å²) in [7, 11) is 0. The van der Waals surface area contributed by atoms with E-state index in [9.17, 15) is 19.2 Å². The van der Waals surface area contributed by atoms with Gasteiger partial charge < -0.3 is 34.2 Å². The molecule has 8 aliphatic rings. The van der Waals surface area contributed by atoms with Gasteiger partial charge in [-0.15, -0.1) is 0 Å². The number of fused-ring (bicyclic) bond motifs is 3. The first kappa shape index (κ1) is 46.0. The molecule has 0 bridgehead atoms. The van der Waals surface area contributed by atoms with Crippen molar-refractivity contribution in [3.63, 3.8) is 0 Å². The van der Waals surface area contributed by atoms with E-state index >= 15 is 4.79 Å². The highest BCUT2D eigenvalue weighted by atomic mass is 16.5. The van der Waals surface area contributed by atoms with E-state index in [1.165, 1.54) is 24.2 Å². The number of urea groups is 1. The van der Waals surface area contributed by atoms with Crippen LogP contribution in [0.4, 0.5) is 22.0 Å². The number of ether oxygens (including phenoxy) is 1. The molecule has 1 spiro atoms. The van der Waals surface area contributed by atoms with Crippen molar-refractivity contribution < 1.29 is 28.7 Å². The predicted octanol–water partition coefficient (Wildman–Crippen LogP) is 6.80. The highest BCUT2D eigenvalue weighted by Gasteiger charge is 2.56. The minimum absolute atomic E-state index is 0.0722. The molecule has 1 aromatic carbocycles. The lowest BCUT2D eigenvalue weighted by Crippen LogP contribution is -2.58. The Balaban J connectivity index is 0.697. The van der Waals surface area contributed by atoms with E-state index in [0.29, 0.717) is 88.5 Å². The van der Waals surface area contributed by atoms with Gasteiger partial charge in [0.15, 0.2) is 5.82 Å². The van der Waals surface area contributed by atoms with Gasteiger partial charge in [0, 0.05) is 86.5 Å². The van der Waals surface area contributed by atoms with E-state index in [1.54, 1.807) is 18.3 Å². The number of hydrogen-bond donors (Lipinski definition) is 2. The van der Waals surface area contributed by atoms with Crippen LogP contribution < -0.4 is 25.2 Å². The number of imidazole rings is 1. The molecule has 4 aromatic rings. The van der Waals surface area contributed by atoms with Crippen LogP contribution in [-0.2, 0) is 24.6 Å². The maximum atomic E-state index is 15.2. The largest absolute Gasteiger partial charge is 0.474 e. The number of rotatable bonds is 11. The van der Waals surface area contributed by atoms with Crippen LogP contribution in [0, 0.1) is 11.8 Å². The Labute approximate surface area is 415 Å². The number of aromatic nitrogens is 4. The average Bonchev–Trinajstić information content (AvgIpc) is 3.76. The third-order valence-electron chi connectivity index (χ3n) is 17.3. The van der Waals surface area contributed by atoms with Crippen molar-refractivity contribution in [2.45, 2.75) is 146 Å². The Hall–Kier alpha value is -6.10. The second kappa shape index (κ2) is 18.5. The lowest BCUT2D eigenvalue weighted by Gasteiger charge is -2.48. The molecule has 3 aromatic heterocycles. The molecule has 1 atom stereocenters. The van der Waals surface area contributed by atoms with Crippen molar-refractivity contribution in [3.8, 4) is 17.1 Å². The Morgan fingerprint density at radius 2 is 1.58 bits per heavy atom. The molecular weight excluding hydrogens is 899 g/mol. The maximum absolute atomic E-state index is 15.2. The van der Waals surface area contributed by atoms with Crippen molar-refractivity contribution in [2.75, 3.05) is 60.9 Å². The summed E-state index contributed by atoms with van der Waals surface area (Å²) in [6.45, 7) is 8.96. The summed E-state index contributed by atoms with van der Waals surface area (Å²) in [4.78, 5) is 91.9. The Bertz CT molecular complexity index is 2730. The van der Waals surface area contributed by atoms with Crippen molar-refractivity contribution in [3.05, 3.63) is 54.5 Å². The van der Waals surface area contributed by atoms with Gasteiger partial charge in [0.25, 0.3) is 0 Å². The van der Waals surface area contributed by atoms with E-state index < -0.39 is 11.4 Å². The monoisotopic (exact) mass is 966 g/mol. The smallest absolute Gasteiger partial charge is 0.328 e. The Morgan fingerprint density at radius 1 is 0.803 bits per heavy atom. The van der Waals surface area contributed by atoms with Gasteiger partial charge in [0.05, 0.1) is 40.8 Å². The van der Waals surface area contributed by atoms with Gasteiger partial charge in [0.1, 0.15) is 11.6 Å². The van der Waals surface area contributed by atoms with Gasteiger partial charge in [-0.2, -0.15) is 0 Å². The van der Waals surface area contributed by atoms with Crippen LogP contribution >= 0.6 is 0 Å². The standard InChI is InChI=1S/C54H67N11O6/c1-33(2)64-32-56-44-29-43(58-49(48(44)64)57-37-9-10-37)35-8-14-42-45(26-35)65(40-27-39(28-40)60-20-4-3-5-21-60)52(69)54(42)18-24-61(25-19-54)51(68)36-16-22-62(31-36)50(67)34-6-12-41(13-7-34)71-47-15-11-38(30-55-47)63-23-17-46(66)59-53(63)70/h8,11,14-15,26,29-30,32-34,36-37,39-41H,3-7,9-10,12-13,16-25,27-28,31H2,1-2H3,(H,57,58)(H,59,66,70)/t34?,36-,39?,40?,41?/m1/s1. The number of benzene rings is 1. The molecule has 2 N–H and O–H groups in total. The summed E-state index contributed by atoms with van der Waals surface area (Å²) in [6, 6.07) is 13.0. The third-order valence-corrected chi connectivity index (χ3v) is 17.3. The SMILES string of the molecule is CC(C)n1cnc2cc(-c3ccc4c(c3)N(C3CC(N5CCCCC5)C3)C(=O)C43CCN(C(=O)[C@@H]4CCN(C(=O)C5CCC(Oc6ccc(N7CCC(=O)NC7=O)cn6)CC5)C4)CC3)nc(NC3CC3)c21. The fourth-order valence-electron chi connectivity index (χ4n) is 12.9. The van der Waals surface area contributed by atoms with Gasteiger partial charge in [-0.1, -0.05) is 18.6 Å². The van der Waals surface area contributed by atoms with E-state index in [0.717, 1.165) is 91.0 Å². The second-order valence-corrected chi connectivity index (χ2v) is 22.0. The molecule has 3 aliphatic carbocycles. The van der Waals surface area contributed by atoms with Crippen molar-refractivity contribution >= 4 is 57.9 Å². The lowest BCUT2D eigenvalue weighted by molar-refractivity contribution is -0.140. The molecule has 0 radical (unpaired) electrons. The fraction of sp³-hybridized carbons (Fsp3) is 0.593. The third kappa shape index (κ3) is 8.58. The van der Waals surface area contributed by atoms with Gasteiger partial charge >= 0.3 is 6.03 Å². The number of nitrogens with one attached hydrogen (secondary N) is 2. The second-order valence-electron chi connectivity index (χ2n) is 22.0. The molecule has 5 aliphatic heterocycles. The van der Waals surface area contributed by atoms with E-state index in [1.807, 2.05) is 16.1 Å². The van der Waals surface area contributed by atoms with Crippen LogP contribution in [0.25, 0.3) is 22.3 Å². The first-order chi connectivity index (χ1) is 34.5. The van der Waals surface area contributed by atoms with Crippen LogP contribution in [0.2, 0.25) is 0 Å². The molecule has 4 saturated heterocycles. The first-order valence-electron chi connectivity index (χ1n) is 26.7. The fourth-order valence-corrected chi connectivity index (χ4v) is 12.9. The number of carbonyl (C=O) groups excluding carboxylic acids is 5. The summed E-state index contributed by atoms with van der Waals surface area (Å²) in [5.41, 5.74) is 5.75. The summed E-state index contributed by atoms with van der Waals surface area (Å²) >= 11 is 0. The maximum Gasteiger partial charge on any atom is 0.328 e. The van der Waals surface area contributed by atoms with Gasteiger partial charge in [-0.25, -0.2) is 19.7 Å². The number of likely N-dealkylation sites (tertiary alicyclic amines) is 3. The van der Waals surface area contributed by atoms with Crippen molar-refractivity contribution in [1.29, 1.82) is 0 Å². The summed E-state index contributed by atoms with van der Waals surface area (Å²) in [6.07, 6.45) is 16.3. The normalized spacial score (nSPS) is 26.8. The molecule has 374 valence electrons. The average molecular weight is 966 g/mol. The zero-order valence-electron chi connectivity index (χ0n) is 41.2. The topological polar surface area (TPSA) is 178 Å². The number of pyridine rings is 2. The van der Waals surface area contributed by atoms with Crippen LogP contribution in [0.5, 0.6) is 5.88 Å². The molecule has 8 heterocycles. The van der Waals surface area contributed by atoms with Crippen molar-refractivity contribution in [2.24, 2.45) is 11.8 Å². The summed E-state index contributed by atoms with van der Waals surface area (Å²) < 4.78 is 8.38. The van der Waals surface area contributed by atoms with Crippen LogP contribution in [0.1, 0.15) is 122 Å². The zero-order valence-corrected chi connectivity index (χ0v) is 41.2. The number of hydrogen-bond acceptors (Lipinski definition) is 11. The highest BCUT2D eigenvalue weighted by Crippen LogP contribution is 2.52. The molecule has 0 unspecified atom stereocenters. The molecule has 7 fully saturated rings. The number of imide groups is 1. The molecule has 3 saturated carbocycles. The molecule has 71 heavy (non-hydrogen) atoms. The Kier molecular flexibility index (Phi) is 12.0. The zero-order chi connectivity index (χ0) is 48.5. The molecular formula is C54H67N11O6. The van der Waals surface area contributed by atoms with Crippen molar-refractivity contribution in [1.82, 2.24) is 39.5 Å².